The maximum absolute atomic E-state index is 10.2. The van der Waals surface area contributed by atoms with Gasteiger partial charge in [-0.05, 0) is 26.0 Å². The van der Waals surface area contributed by atoms with Gasteiger partial charge in [-0.15, -0.1) is 0 Å². The van der Waals surface area contributed by atoms with Crippen molar-refractivity contribution in [2.75, 3.05) is 14.2 Å². The third kappa shape index (κ3) is 1.87. The highest BCUT2D eigenvalue weighted by Crippen LogP contribution is 2.45. The van der Waals surface area contributed by atoms with E-state index in [1.807, 2.05) is 26.0 Å². The zero-order valence-corrected chi connectivity index (χ0v) is 10.6. The molecule has 4 heteroatoms. The number of ether oxygens (including phenoxy) is 3. The van der Waals surface area contributed by atoms with Crippen molar-refractivity contribution in [1.29, 1.82) is 0 Å². The Morgan fingerprint density at radius 2 is 1.59 bits per heavy atom. The zero-order chi connectivity index (χ0) is 12.6. The SMILES string of the molecule is COc1ccc(OC)c2c1[C@@H](C)O[C@H](C)[C@H]2O. The number of hydrogen-bond donors (Lipinski definition) is 1. The summed E-state index contributed by atoms with van der Waals surface area (Å²) in [5.41, 5.74) is 1.65. The fraction of sp³-hybridized carbons (Fsp3) is 0.538. The molecule has 1 aromatic carbocycles. The second kappa shape index (κ2) is 4.55. The smallest absolute Gasteiger partial charge is 0.125 e. The molecule has 1 aromatic rings. The number of aliphatic hydroxyl groups excluding tert-OH is 1. The van der Waals surface area contributed by atoms with Gasteiger partial charge in [0.05, 0.1) is 26.4 Å². The average molecular weight is 238 g/mol. The Hall–Kier alpha value is -1.26. The normalized spacial score (nSPS) is 27.5. The first-order chi connectivity index (χ1) is 8.10. The van der Waals surface area contributed by atoms with Crippen LogP contribution in [0.5, 0.6) is 11.5 Å². The van der Waals surface area contributed by atoms with Gasteiger partial charge in [-0.1, -0.05) is 0 Å². The van der Waals surface area contributed by atoms with Gasteiger partial charge in [0.1, 0.15) is 17.6 Å². The third-order valence-corrected chi connectivity index (χ3v) is 3.21. The van der Waals surface area contributed by atoms with E-state index >= 15 is 0 Å². The molecular weight excluding hydrogens is 220 g/mol. The van der Waals surface area contributed by atoms with Crippen molar-refractivity contribution in [2.45, 2.75) is 32.2 Å². The molecule has 0 aromatic heterocycles. The fourth-order valence-corrected chi connectivity index (χ4v) is 2.38. The standard InChI is InChI=1S/C13H18O4/c1-7-11-9(15-3)5-6-10(16-4)12(11)13(14)8(2)17-7/h5-8,13-14H,1-4H3/t7-,8-,13-/m1/s1. The second-order valence-corrected chi connectivity index (χ2v) is 4.23. The van der Waals surface area contributed by atoms with E-state index < -0.39 is 6.10 Å². The molecule has 0 unspecified atom stereocenters. The van der Waals surface area contributed by atoms with E-state index in [1.165, 1.54) is 0 Å². The topological polar surface area (TPSA) is 47.9 Å². The summed E-state index contributed by atoms with van der Waals surface area (Å²) in [5.74, 6) is 1.40. The quantitative estimate of drug-likeness (QED) is 0.858. The van der Waals surface area contributed by atoms with Crippen LogP contribution in [0.4, 0.5) is 0 Å². The lowest BCUT2D eigenvalue weighted by atomic mass is 9.91. The summed E-state index contributed by atoms with van der Waals surface area (Å²) in [7, 11) is 3.21. The van der Waals surface area contributed by atoms with E-state index in [1.54, 1.807) is 14.2 Å². The predicted octanol–water partition coefficient (Wildman–Crippen LogP) is 2.22. The van der Waals surface area contributed by atoms with E-state index in [4.69, 9.17) is 14.2 Å². The molecule has 0 aliphatic carbocycles. The molecule has 17 heavy (non-hydrogen) atoms. The Balaban J connectivity index is 2.64. The minimum Gasteiger partial charge on any atom is -0.496 e. The molecule has 1 aliphatic heterocycles. The molecule has 0 amide bonds. The third-order valence-electron chi connectivity index (χ3n) is 3.21. The van der Waals surface area contributed by atoms with Crippen LogP contribution in [0.25, 0.3) is 0 Å². The van der Waals surface area contributed by atoms with E-state index in [9.17, 15) is 5.11 Å². The molecule has 0 fully saturated rings. The van der Waals surface area contributed by atoms with Crippen LogP contribution in [0.1, 0.15) is 37.2 Å². The van der Waals surface area contributed by atoms with Crippen LogP contribution in [-0.4, -0.2) is 25.4 Å². The maximum Gasteiger partial charge on any atom is 0.125 e. The Morgan fingerprint density at radius 1 is 1.06 bits per heavy atom. The molecule has 0 radical (unpaired) electrons. The van der Waals surface area contributed by atoms with E-state index in [0.29, 0.717) is 5.75 Å². The van der Waals surface area contributed by atoms with Crippen molar-refractivity contribution in [1.82, 2.24) is 0 Å². The molecule has 2 rings (SSSR count). The number of benzene rings is 1. The van der Waals surface area contributed by atoms with E-state index in [0.717, 1.165) is 16.9 Å². The van der Waals surface area contributed by atoms with Gasteiger partial charge < -0.3 is 19.3 Å². The van der Waals surface area contributed by atoms with Gasteiger partial charge >= 0.3 is 0 Å². The summed E-state index contributed by atoms with van der Waals surface area (Å²) in [6.45, 7) is 3.80. The number of aliphatic hydroxyl groups is 1. The van der Waals surface area contributed by atoms with Crippen molar-refractivity contribution in [3.8, 4) is 11.5 Å². The van der Waals surface area contributed by atoms with Gasteiger partial charge in [0, 0.05) is 11.1 Å². The van der Waals surface area contributed by atoms with Crippen LogP contribution in [-0.2, 0) is 4.74 Å². The Kier molecular flexibility index (Phi) is 3.26. The summed E-state index contributed by atoms with van der Waals surface area (Å²) in [6, 6.07) is 3.64. The molecular formula is C13H18O4. The molecule has 3 atom stereocenters. The van der Waals surface area contributed by atoms with E-state index in [2.05, 4.69) is 0 Å². The molecule has 0 spiro atoms. The Morgan fingerprint density at radius 3 is 2.12 bits per heavy atom. The fourth-order valence-electron chi connectivity index (χ4n) is 2.38. The number of fused-ring (bicyclic) bond motifs is 1. The molecule has 94 valence electrons. The second-order valence-electron chi connectivity index (χ2n) is 4.23. The minimum atomic E-state index is -0.689. The highest BCUT2D eigenvalue weighted by Gasteiger charge is 2.34. The van der Waals surface area contributed by atoms with Crippen LogP contribution < -0.4 is 9.47 Å². The van der Waals surface area contributed by atoms with Crippen LogP contribution in [0.3, 0.4) is 0 Å². The first-order valence-corrected chi connectivity index (χ1v) is 5.68. The summed E-state index contributed by atoms with van der Waals surface area (Å²) in [6.07, 6.45) is -1.06. The van der Waals surface area contributed by atoms with Crippen molar-refractivity contribution in [3.63, 3.8) is 0 Å². The maximum atomic E-state index is 10.2. The lowest BCUT2D eigenvalue weighted by Crippen LogP contribution is -2.28. The van der Waals surface area contributed by atoms with E-state index in [-0.39, 0.29) is 12.2 Å². The number of rotatable bonds is 2. The molecule has 4 nitrogen and oxygen atoms in total. The lowest BCUT2D eigenvalue weighted by molar-refractivity contribution is -0.0825. The summed E-state index contributed by atoms with van der Waals surface area (Å²) >= 11 is 0. The number of hydrogen-bond acceptors (Lipinski definition) is 4. The van der Waals surface area contributed by atoms with Crippen molar-refractivity contribution in [3.05, 3.63) is 23.3 Å². The molecule has 0 saturated carbocycles. The zero-order valence-electron chi connectivity index (χ0n) is 10.6. The first kappa shape index (κ1) is 12.2. The monoisotopic (exact) mass is 238 g/mol. The van der Waals surface area contributed by atoms with Crippen LogP contribution in [0, 0.1) is 0 Å². The molecule has 1 heterocycles. The van der Waals surface area contributed by atoms with Crippen LogP contribution in [0.2, 0.25) is 0 Å². The van der Waals surface area contributed by atoms with Gasteiger partial charge in [-0.2, -0.15) is 0 Å². The van der Waals surface area contributed by atoms with Gasteiger partial charge in [-0.3, -0.25) is 0 Å². The summed E-state index contributed by atoms with van der Waals surface area (Å²) in [4.78, 5) is 0. The highest BCUT2D eigenvalue weighted by molar-refractivity contribution is 5.52. The van der Waals surface area contributed by atoms with Crippen molar-refractivity contribution >= 4 is 0 Å². The van der Waals surface area contributed by atoms with Crippen LogP contribution in [0.15, 0.2) is 12.1 Å². The van der Waals surface area contributed by atoms with Crippen LogP contribution >= 0.6 is 0 Å². The highest BCUT2D eigenvalue weighted by atomic mass is 16.5. The van der Waals surface area contributed by atoms with Gasteiger partial charge in [0.2, 0.25) is 0 Å². The largest absolute Gasteiger partial charge is 0.496 e. The van der Waals surface area contributed by atoms with Crippen molar-refractivity contribution < 1.29 is 19.3 Å². The van der Waals surface area contributed by atoms with Gasteiger partial charge in [-0.25, -0.2) is 0 Å². The minimum absolute atomic E-state index is 0.117. The summed E-state index contributed by atoms with van der Waals surface area (Å²) in [5, 5.41) is 10.2. The van der Waals surface area contributed by atoms with Gasteiger partial charge in [0.15, 0.2) is 0 Å². The molecule has 1 aliphatic rings. The first-order valence-electron chi connectivity index (χ1n) is 5.68. The average Bonchev–Trinajstić information content (AvgIpc) is 2.34. The number of methoxy groups -OCH3 is 2. The van der Waals surface area contributed by atoms with Gasteiger partial charge in [0.25, 0.3) is 0 Å². The molecule has 0 bridgehead atoms. The lowest BCUT2D eigenvalue weighted by Gasteiger charge is -2.34. The van der Waals surface area contributed by atoms with Crippen molar-refractivity contribution in [2.24, 2.45) is 0 Å². The molecule has 0 saturated heterocycles. The Bertz CT molecular complexity index is 416. The Labute approximate surface area is 101 Å². The summed E-state index contributed by atoms with van der Waals surface area (Å²) < 4.78 is 16.3. The predicted molar refractivity (Wildman–Crippen MR) is 63.5 cm³/mol. The molecule has 1 N–H and O–H groups in total.